The molecule has 4 N–H and O–H groups in total. The molecule has 0 saturated carbocycles. The Morgan fingerprint density at radius 2 is 1.97 bits per heavy atom. The number of amides is 1. The summed E-state index contributed by atoms with van der Waals surface area (Å²) < 4.78 is 0. The maximum atomic E-state index is 13.0. The summed E-state index contributed by atoms with van der Waals surface area (Å²) in [5, 5.41) is 7.82. The minimum absolute atomic E-state index is 0.0792. The van der Waals surface area contributed by atoms with Gasteiger partial charge in [-0.25, -0.2) is 4.98 Å². The highest BCUT2D eigenvalue weighted by Gasteiger charge is 2.32. The van der Waals surface area contributed by atoms with Crippen molar-refractivity contribution >= 4 is 38.8 Å². The third kappa shape index (κ3) is 3.53. The van der Waals surface area contributed by atoms with Crippen molar-refractivity contribution in [3.05, 3.63) is 52.0 Å². The van der Waals surface area contributed by atoms with Crippen molar-refractivity contribution in [3.8, 4) is 0 Å². The first-order valence-corrected chi connectivity index (χ1v) is 12.4. The van der Waals surface area contributed by atoms with Crippen molar-refractivity contribution in [2.75, 3.05) is 23.7 Å². The van der Waals surface area contributed by atoms with E-state index in [1.807, 2.05) is 19.1 Å². The van der Waals surface area contributed by atoms with Crippen LogP contribution in [0.25, 0.3) is 10.2 Å². The number of anilines is 2. The molecule has 4 heterocycles. The van der Waals surface area contributed by atoms with Gasteiger partial charge in [-0.2, -0.15) is 0 Å². The molecule has 3 aliphatic rings. The van der Waals surface area contributed by atoms with Crippen molar-refractivity contribution in [1.82, 2.24) is 15.6 Å². The van der Waals surface area contributed by atoms with Crippen LogP contribution in [0.15, 0.2) is 30.3 Å². The van der Waals surface area contributed by atoms with Crippen LogP contribution >= 0.6 is 11.3 Å². The van der Waals surface area contributed by atoms with Gasteiger partial charge in [-0.15, -0.1) is 11.3 Å². The molecule has 2 aliphatic heterocycles. The normalized spacial score (nSPS) is 24.5. The van der Waals surface area contributed by atoms with Crippen LogP contribution in [0, 0.1) is 6.92 Å². The number of nitrogen functional groups attached to an aromatic ring is 1. The van der Waals surface area contributed by atoms with E-state index in [1.165, 1.54) is 41.0 Å². The van der Waals surface area contributed by atoms with Crippen molar-refractivity contribution < 1.29 is 4.79 Å². The zero-order chi connectivity index (χ0) is 21.8. The fourth-order valence-electron chi connectivity index (χ4n) is 5.58. The SMILES string of the molecule is Cc1ccc2c(N)c(C(=O)N[C@H]3CCc4cc(N5CC6CCC(C5)N6)ccc4C3)sc2n1. The number of aryl methyl sites for hydroxylation is 2. The minimum Gasteiger partial charge on any atom is -0.397 e. The van der Waals surface area contributed by atoms with Crippen molar-refractivity contribution in [2.24, 2.45) is 0 Å². The molecule has 2 unspecified atom stereocenters. The predicted molar refractivity (Wildman–Crippen MR) is 131 cm³/mol. The molecule has 1 amide bonds. The molecule has 0 radical (unpaired) electrons. The molecule has 3 aromatic rings. The summed E-state index contributed by atoms with van der Waals surface area (Å²) in [5.74, 6) is -0.0792. The number of thiophene rings is 1. The van der Waals surface area contributed by atoms with Gasteiger partial charge in [-0.1, -0.05) is 6.07 Å². The number of carbonyl (C=O) groups is 1. The highest BCUT2D eigenvalue weighted by atomic mass is 32.1. The van der Waals surface area contributed by atoms with Crippen LogP contribution in [0.3, 0.4) is 0 Å². The second-order valence-corrected chi connectivity index (χ2v) is 10.6. The van der Waals surface area contributed by atoms with E-state index in [1.54, 1.807) is 0 Å². The number of benzene rings is 1. The van der Waals surface area contributed by atoms with E-state index in [0.29, 0.717) is 22.6 Å². The van der Waals surface area contributed by atoms with E-state index < -0.39 is 0 Å². The molecule has 2 aromatic heterocycles. The number of nitrogens with one attached hydrogen (secondary N) is 2. The summed E-state index contributed by atoms with van der Waals surface area (Å²) in [6, 6.07) is 12.2. The minimum atomic E-state index is -0.0792. The van der Waals surface area contributed by atoms with Crippen LogP contribution in [0.5, 0.6) is 0 Å². The Hall–Kier alpha value is -2.64. The Bertz CT molecular complexity index is 1190. The van der Waals surface area contributed by atoms with Gasteiger partial charge in [0.25, 0.3) is 5.91 Å². The molecule has 2 saturated heterocycles. The standard InChI is InChI=1S/C25H29N5OS/c1-14-2-9-21-22(26)23(32-25(21)27-14)24(31)29-17-5-3-16-11-20(8-4-15(16)10-17)30-12-18-6-7-19(13-30)28-18/h2,4,8-9,11,17-19,28H,3,5-7,10,12-13,26H2,1H3,(H,29,31)/t17-,18?,19?/m0/s1. The number of piperazine rings is 1. The van der Waals surface area contributed by atoms with E-state index in [0.717, 1.165) is 48.3 Å². The maximum Gasteiger partial charge on any atom is 0.263 e. The molecule has 1 aromatic carbocycles. The highest BCUT2D eigenvalue weighted by Crippen LogP contribution is 2.33. The lowest BCUT2D eigenvalue weighted by molar-refractivity contribution is 0.0938. The number of pyridine rings is 1. The van der Waals surface area contributed by atoms with Crippen LogP contribution in [-0.2, 0) is 12.8 Å². The Morgan fingerprint density at radius 1 is 1.16 bits per heavy atom. The average Bonchev–Trinajstić information content (AvgIpc) is 3.30. The third-order valence-corrected chi connectivity index (χ3v) is 8.39. The zero-order valence-corrected chi connectivity index (χ0v) is 19.2. The van der Waals surface area contributed by atoms with Gasteiger partial charge in [0, 0.05) is 48.0 Å². The van der Waals surface area contributed by atoms with Crippen LogP contribution in [-0.4, -0.2) is 42.1 Å². The summed E-state index contributed by atoms with van der Waals surface area (Å²) in [6.07, 6.45) is 5.42. The number of hydrogen-bond acceptors (Lipinski definition) is 6. The van der Waals surface area contributed by atoms with Crippen molar-refractivity contribution in [1.29, 1.82) is 0 Å². The van der Waals surface area contributed by atoms with Gasteiger partial charge in [-0.3, -0.25) is 4.79 Å². The number of aromatic nitrogens is 1. The largest absolute Gasteiger partial charge is 0.397 e. The van der Waals surface area contributed by atoms with Crippen LogP contribution in [0.2, 0.25) is 0 Å². The average molecular weight is 448 g/mol. The third-order valence-electron chi connectivity index (χ3n) is 7.27. The summed E-state index contributed by atoms with van der Waals surface area (Å²) in [6.45, 7) is 4.17. The van der Waals surface area contributed by atoms with Gasteiger partial charge in [0.05, 0.1) is 5.69 Å². The molecular weight excluding hydrogens is 418 g/mol. The fourth-order valence-corrected chi connectivity index (χ4v) is 6.62. The number of rotatable bonds is 3. The molecule has 2 fully saturated rings. The predicted octanol–water partition coefficient (Wildman–Crippen LogP) is 3.41. The fraction of sp³-hybridized carbons (Fsp3) is 0.440. The Labute approximate surface area is 192 Å². The molecule has 2 bridgehead atoms. The second kappa shape index (κ2) is 7.74. The monoisotopic (exact) mass is 447 g/mol. The zero-order valence-electron chi connectivity index (χ0n) is 18.4. The lowest BCUT2D eigenvalue weighted by atomic mass is 9.87. The molecule has 3 atom stereocenters. The van der Waals surface area contributed by atoms with Gasteiger partial charge >= 0.3 is 0 Å². The lowest BCUT2D eigenvalue weighted by Crippen LogP contribution is -2.51. The van der Waals surface area contributed by atoms with Gasteiger partial charge < -0.3 is 21.3 Å². The maximum absolute atomic E-state index is 13.0. The van der Waals surface area contributed by atoms with E-state index in [9.17, 15) is 4.79 Å². The Kier molecular flexibility index (Phi) is 4.84. The van der Waals surface area contributed by atoms with E-state index >= 15 is 0 Å². The number of hydrogen-bond donors (Lipinski definition) is 3. The van der Waals surface area contributed by atoms with Crippen molar-refractivity contribution in [3.63, 3.8) is 0 Å². The first-order valence-electron chi connectivity index (χ1n) is 11.6. The molecule has 6 rings (SSSR count). The molecule has 1 aliphatic carbocycles. The topological polar surface area (TPSA) is 83.3 Å². The number of nitrogens with zero attached hydrogens (tertiary/aromatic N) is 2. The summed E-state index contributed by atoms with van der Waals surface area (Å²) in [5.41, 5.74) is 11.9. The first-order chi connectivity index (χ1) is 15.5. The second-order valence-electron chi connectivity index (χ2n) is 9.56. The Morgan fingerprint density at radius 3 is 2.78 bits per heavy atom. The van der Waals surface area contributed by atoms with Gasteiger partial charge in [0.2, 0.25) is 0 Å². The molecule has 0 spiro atoms. The summed E-state index contributed by atoms with van der Waals surface area (Å²) in [4.78, 5) is 21.5. The van der Waals surface area contributed by atoms with E-state index in [4.69, 9.17) is 5.73 Å². The highest BCUT2D eigenvalue weighted by molar-refractivity contribution is 7.21. The van der Waals surface area contributed by atoms with Crippen LogP contribution < -0.4 is 21.3 Å². The summed E-state index contributed by atoms with van der Waals surface area (Å²) >= 11 is 1.38. The molecule has 166 valence electrons. The molecule has 6 nitrogen and oxygen atoms in total. The quantitative estimate of drug-likeness (QED) is 0.573. The van der Waals surface area contributed by atoms with Gasteiger partial charge in [0.15, 0.2) is 0 Å². The first kappa shape index (κ1) is 20.0. The van der Waals surface area contributed by atoms with Crippen molar-refractivity contribution in [2.45, 2.75) is 57.2 Å². The lowest BCUT2D eigenvalue weighted by Gasteiger charge is -2.35. The molecule has 7 heteroatoms. The van der Waals surface area contributed by atoms with Crippen LogP contribution in [0.1, 0.15) is 45.8 Å². The Balaban J connectivity index is 1.16. The van der Waals surface area contributed by atoms with E-state index in [-0.39, 0.29) is 11.9 Å². The molecular formula is C25H29N5OS. The number of carbonyl (C=O) groups excluding carboxylic acids is 1. The van der Waals surface area contributed by atoms with Gasteiger partial charge in [-0.05, 0) is 74.4 Å². The number of nitrogens with two attached hydrogens (primary N) is 1. The van der Waals surface area contributed by atoms with E-state index in [2.05, 4.69) is 38.7 Å². The van der Waals surface area contributed by atoms with Crippen LogP contribution in [0.4, 0.5) is 11.4 Å². The summed E-state index contributed by atoms with van der Waals surface area (Å²) in [7, 11) is 0. The smallest absolute Gasteiger partial charge is 0.263 e. The number of fused-ring (bicyclic) bond motifs is 4. The van der Waals surface area contributed by atoms with Gasteiger partial charge in [0.1, 0.15) is 9.71 Å². The molecule has 32 heavy (non-hydrogen) atoms.